The topological polar surface area (TPSA) is 104 Å². The maximum Gasteiger partial charge on any atom is 0.269 e. The molecule has 222 valence electrons. The molecule has 0 saturated carbocycles. The van der Waals surface area contributed by atoms with Gasteiger partial charge < -0.3 is 10.2 Å². The van der Waals surface area contributed by atoms with Crippen molar-refractivity contribution in [1.82, 2.24) is 14.5 Å². The molecule has 42 heavy (non-hydrogen) atoms. The summed E-state index contributed by atoms with van der Waals surface area (Å²) in [5.74, 6) is -1.14. The number of sulfonamides is 1. The summed E-state index contributed by atoms with van der Waals surface area (Å²) in [6.07, 6.45) is 0.198. The monoisotopic (exact) mass is 629 g/mol. The van der Waals surface area contributed by atoms with Gasteiger partial charge >= 0.3 is 0 Å². The zero-order valence-electron chi connectivity index (χ0n) is 23.4. The predicted octanol–water partition coefficient (Wildman–Crippen LogP) is 5.33. The van der Waals surface area contributed by atoms with E-state index in [9.17, 15) is 22.8 Å². The third-order valence-electron chi connectivity index (χ3n) is 7.01. The SMILES string of the molecule is CC(C)CNC(=O)[C@@H](Cc1ccccc1)N(Cc1c(Cl)cccc1Cl)C(=O)CCCN1C(=O)c2ccccc2S1(=O)=O. The van der Waals surface area contributed by atoms with Gasteiger partial charge in [0, 0.05) is 48.1 Å². The number of nitrogens with zero attached hydrogens (tertiary/aromatic N) is 2. The number of hydrogen-bond donors (Lipinski definition) is 1. The number of carbonyl (C=O) groups is 3. The highest BCUT2D eigenvalue weighted by atomic mass is 35.5. The van der Waals surface area contributed by atoms with Crippen molar-refractivity contribution in [2.75, 3.05) is 13.1 Å². The first-order valence-electron chi connectivity index (χ1n) is 13.7. The zero-order valence-corrected chi connectivity index (χ0v) is 25.8. The molecule has 11 heteroatoms. The van der Waals surface area contributed by atoms with Crippen LogP contribution < -0.4 is 5.32 Å². The predicted molar refractivity (Wildman–Crippen MR) is 163 cm³/mol. The van der Waals surface area contributed by atoms with Crippen molar-refractivity contribution < 1.29 is 22.8 Å². The number of carbonyl (C=O) groups excluding carboxylic acids is 3. The van der Waals surface area contributed by atoms with Gasteiger partial charge in [0.15, 0.2) is 0 Å². The molecule has 1 atom stereocenters. The molecule has 3 aromatic rings. The van der Waals surface area contributed by atoms with E-state index in [1.807, 2.05) is 44.2 Å². The average molecular weight is 631 g/mol. The van der Waals surface area contributed by atoms with Crippen molar-refractivity contribution in [3.8, 4) is 0 Å². The number of rotatable bonds is 12. The highest BCUT2D eigenvalue weighted by Crippen LogP contribution is 2.31. The van der Waals surface area contributed by atoms with Crippen LogP contribution in [0.25, 0.3) is 0 Å². The highest BCUT2D eigenvalue weighted by molar-refractivity contribution is 7.90. The Hall–Kier alpha value is -3.40. The number of fused-ring (bicyclic) bond motifs is 1. The summed E-state index contributed by atoms with van der Waals surface area (Å²) in [6, 6.07) is 19.5. The highest BCUT2D eigenvalue weighted by Gasteiger charge is 2.40. The van der Waals surface area contributed by atoms with Crippen molar-refractivity contribution in [2.45, 2.75) is 50.6 Å². The molecule has 4 rings (SSSR count). The number of hydrogen-bond acceptors (Lipinski definition) is 5. The van der Waals surface area contributed by atoms with Gasteiger partial charge in [-0.2, -0.15) is 0 Å². The van der Waals surface area contributed by atoms with E-state index in [0.717, 1.165) is 9.87 Å². The molecule has 0 spiro atoms. The molecule has 3 aromatic carbocycles. The van der Waals surface area contributed by atoms with Crippen molar-refractivity contribution in [2.24, 2.45) is 5.92 Å². The minimum Gasteiger partial charge on any atom is -0.354 e. The molecule has 8 nitrogen and oxygen atoms in total. The van der Waals surface area contributed by atoms with Crippen molar-refractivity contribution >= 4 is 50.9 Å². The summed E-state index contributed by atoms with van der Waals surface area (Å²) in [5.41, 5.74) is 1.47. The van der Waals surface area contributed by atoms with Crippen LogP contribution >= 0.6 is 23.2 Å². The molecule has 0 unspecified atom stereocenters. The summed E-state index contributed by atoms with van der Waals surface area (Å²) >= 11 is 12.9. The summed E-state index contributed by atoms with van der Waals surface area (Å²) < 4.78 is 26.8. The third-order valence-corrected chi connectivity index (χ3v) is 9.56. The summed E-state index contributed by atoms with van der Waals surface area (Å²) in [5, 5.41) is 3.66. The maximum absolute atomic E-state index is 13.9. The van der Waals surface area contributed by atoms with Crippen molar-refractivity contribution in [3.63, 3.8) is 0 Å². The molecule has 1 heterocycles. The van der Waals surface area contributed by atoms with Crippen molar-refractivity contribution in [1.29, 1.82) is 0 Å². The van der Waals surface area contributed by atoms with Crippen molar-refractivity contribution in [3.05, 3.63) is 99.5 Å². The van der Waals surface area contributed by atoms with Crippen LogP contribution in [0.1, 0.15) is 48.2 Å². The molecule has 0 fully saturated rings. The number of benzene rings is 3. The molecule has 0 radical (unpaired) electrons. The van der Waals surface area contributed by atoms with Crippen LogP contribution in [0.5, 0.6) is 0 Å². The van der Waals surface area contributed by atoms with Gasteiger partial charge in [-0.1, -0.05) is 85.6 Å². The molecular weight excluding hydrogens is 597 g/mol. The second kappa shape index (κ2) is 13.7. The molecule has 1 aliphatic heterocycles. The second-order valence-electron chi connectivity index (χ2n) is 10.5. The van der Waals surface area contributed by atoms with Crippen LogP contribution in [0.3, 0.4) is 0 Å². The lowest BCUT2D eigenvalue weighted by molar-refractivity contribution is -0.141. The average Bonchev–Trinajstić information content (AvgIpc) is 3.16. The molecule has 1 N–H and O–H groups in total. The fraction of sp³-hybridized carbons (Fsp3) is 0.323. The first-order chi connectivity index (χ1) is 20.0. The van der Waals surface area contributed by atoms with Gasteiger partial charge in [-0.25, -0.2) is 12.7 Å². The molecule has 0 aromatic heterocycles. The Bertz CT molecular complexity index is 1540. The fourth-order valence-corrected chi connectivity index (χ4v) is 6.92. The van der Waals surface area contributed by atoms with E-state index in [1.165, 1.54) is 17.0 Å². The smallest absolute Gasteiger partial charge is 0.269 e. The second-order valence-corrected chi connectivity index (χ2v) is 13.2. The van der Waals surface area contributed by atoms with Crippen LogP contribution in [-0.2, 0) is 32.6 Å². The quantitative estimate of drug-likeness (QED) is 0.292. The van der Waals surface area contributed by atoms with E-state index in [1.54, 1.807) is 30.3 Å². The first kappa shape index (κ1) is 31.5. The van der Waals surface area contributed by atoms with E-state index >= 15 is 0 Å². The lowest BCUT2D eigenvalue weighted by atomic mass is 10.0. The van der Waals surface area contributed by atoms with Gasteiger partial charge in [-0.3, -0.25) is 14.4 Å². The van der Waals surface area contributed by atoms with E-state index in [4.69, 9.17) is 23.2 Å². The molecule has 1 aliphatic rings. The van der Waals surface area contributed by atoms with Crippen LogP contribution in [0.4, 0.5) is 0 Å². The molecule has 0 bridgehead atoms. The van der Waals surface area contributed by atoms with Crippen LogP contribution in [0, 0.1) is 5.92 Å². The van der Waals surface area contributed by atoms with Gasteiger partial charge in [-0.05, 0) is 42.2 Å². The lowest BCUT2D eigenvalue weighted by Crippen LogP contribution is -2.51. The Morgan fingerprint density at radius 2 is 1.57 bits per heavy atom. The Balaban J connectivity index is 1.60. The molecule has 0 saturated heterocycles. The van der Waals surface area contributed by atoms with Crippen LogP contribution in [0.15, 0.2) is 77.7 Å². The Morgan fingerprint density at radius 1 is 0.929 bits per heavy atom. The standard InChI is InChI=1S/C31H33Cl2N3O5S/c1-21(2)19-34-30(38)27(18-22-10-4-3-5-11-22)35(20-24-25(32)13-8-14-26(24)33)29(37)16-9-17-36-31(39)23-12-6-7-15-28(23)42(36,40)41/h3-8,10-15,21,27H,9,16-20H2,1-2H3,(H,34,38)/t27-/m1/s1. The van der Waals surface area contributed by atoms with Gasteiger partial charge in [-0.15, -0.1) is 0 Å². The number of nitrogens with one attached hydrogen (secondary N) is 1. The molecular formula is C31H33Cl2N3O5S. The van der Waals surface area contributed by atoms with Gasteiger partial charge in [0.1, 0.15) is 10.9 Å². The Labute approximate surface area is 256 Å². The Morgan fingerprint density at radius 3 is 2.21 bits per heavy atom. The summed E-state index contributed by atoms with van der Waals surface area (Å²) in [6.45, 7) is 4.17. The van der Waals surface area contributed by atoms with Gasteiger partial charge in [0.2, 0.25) is 11.8 Å². The van der Waals surface area contributed by atoms with Crippen LogP contribution in [-0.4, -0.2) is 54.5 Å². The maximum atomic E-state index is 13.9. The van der Waals surface area contributed by atoms with E-state index in [0.29, 0.717) is 22.2 Å². The van der Waals surface area contributed by atoms with E-state index < -0.39 is 27.9 Å². The minimum atomic E-state index is -4.00. The van der Waals surface area contributed by atoms with Gasteiger partial charge in [0.25, 0.3) is 15.9 Å². The van der Waals surface area contributed by atoms with Crippen LogP contribution in [0.2, 0.25) is 10.0 Å². The zero-order chi connectivity index (χ0) is 30.4. The summed E-state index contributed by atoms with van der Waals surface area (Å²) in [7, 11) is -4.00. The Kier molecular flexibility index (Phi) is 10.3. The summed E-state index contributed by atoms with van der Waals surface area (Å²) in [4.78, 5) is 41.7. The van der Waals surface area contributed by atoms with E-state index in [2.05, 4.69) is 5.32 Å². The normalized spacial score (nSPS) is 14.5. The largest absolute Gasteiger partial charge is 0.354 e. The fourth-order valence-electron chi connectivity index (χ4n) is 4.80. The lowest BCUT2D eigenvalue weighted by Gasteiger charge is -2.32. The molecule has 3 amide bonds. The number of amides is 3. The minimum absolute atomic E-state index is 0.0314. The molecule has 0 aliphatic carbocycles. The van der Waals surface area contributed by atoms with Gasteiger partial charge in [0.05, 0.1) is 5.56 Å². The third kappa shape index (κ3) is 7.14. The van der Waals surface area contributed by atoms with E-state index in [-0.39, 0.29) is 54.6 Å². The number of halogens is 2. The first-order valence-corrected chi connectivity index (χ1v) is 15.9.